The molecule has 0 atom stereocenters. The van der Waals surface area contributed by atoms with Crippen LogP contribution in [-0.2, 0) is 5.41 Å². The maximum Gasteiger partial charge on any atom is 0.248 e. The van der Waals surface area contributed by atoms with E-state index in [-0.39, 0.29) is 11.0 Å². The SMILES string of the molecule is CC=Cc1cc(Oc2ccc(OC(C)(C)C)c(C=CC)c2)ccc1Oc1ccc(-c2nnc(-c3ccc(C(C)(C)CC)cc3)o2)cc1. The van der Waals surface area contributed by atoms with Crippen molar-refractivity contribution in [3.8, 4) is 51.7 Å². The largest absolute Gasteiger partial charge is 0.488 e. The maximum atomic E-state index is 6.29. The minimum Gasteiger partial charge on any atom is -0.488 e. The van der Waals surface area contributed by atoms with Gasteiger partial charge in [-0.05, 0) is 125 Å². The fourth-order valence-electron chi connectivity index (χ4n) is 4.97. The maximum absolute atomic E-state index is 6.29. The average molecular weight is 629 g/mol. The molecule has 0 spiro atoms. The van der Waals surface area contributed by atoms with Crippen LogP contribution in [0.2, 0.25) is 0 Å². The molecule has 1 heterocycles. The van der Waals surface area contributed by atoms with E-state index in [9.17, 15) is 0 Å². The fourth-order valence-corrected chi connectivity index (χ4v) is 4.97. The molecule has 0 aliphatic carbocycles. The Morgan fingerprint density at radius 3 is 1.62 bits per heavy atom. The molecule has 4 aromatic carbocycles. The molecule has 0 bridgehead atoms. The van der Waals surface area contributed by atoms with Gasteiger partial charge in [-0.2, -0.15) is 0 Å². The monoisotopic (exact) mass is 628 g/mol. The predicted octanol–water partition coefficient (Wildman–Crippen LogP) is 11.9. The smallest absolute Gasteiger partial charge is 0.248 e. The van der Waals surface area contributed by atoms with Crippen LogP contribution in [0, 0.1) is 0 Å². The highest BCUT2D eigenvalue weighted by Gasteiger charge is 2.19. The number of aromatic nitrogens is 2. The molecule has 0 saturated heterocycles. The summed E-state index contributed by atoms with van der Waals surface area (Å²) in [6.07, 6.45) is 9.05. The van der Waals surface area contributed by atoms with Gasteiger partial charge < -0.3 is 18.6 Å². The number of hydrogen-bond donors (Lipinski definition) is 0. The van der Waals surface area contributed by atoms with E-state index in [1.807, 2.05) is 132 Å². The quantitative estimate of drug-likeness (QED) is 0.145. The Hall–Kier alpha value is -5.10. The summed E-state index contributed by atoms with van der Waals surface area (Å²) in [5.41, 5.74) is 4.67. The van der Waals surface area contributed by atoms with Gasteiger partial charge in [-0.25, -0.2) is 0 Å². The van der Waals surface area contributed by atoms with Crippen molar-refractivity contribution in [2.45, 2.75) is 72.8 Å². The van der Waals surface area contributed by atoms with Crippen LogP contribution in [0.15, 0.2) is 101 Å². The first-order valence-electron chi connectivity index (χ1n) is 16.1. The Morgan fingerprint density at radius 2 is 1.11 bits per heavy atom. The normalized spacial score (nSPS) is 12.2. The minimum atomic E-state index is -0.300. The third-order valence-corrected chi connectivity index (χ3v) is 7.86. The molecule has 0 unspecified atom stereocenters. The molecular weight excluding hydrogens is 584 g/mol. The lowest BCUT2D eigenvalue weighted by atomic mass is 9.82. The molecule has 0 aliphatic rings. The van der Waals surface area contributed by atoms with E-state index in [1.54, 1.807) is 0 Å². The van der Waals surface area contributed by atoms with Crippen LogP contribution >= 0.6 is 0 Å². The van der Waals surface area contributed by atoms with Crippen molar-refractivity contribution in [3.05, 3.63) is 114 Å². The molecule has 242 valence electrons. The summed E-state index contributed by atoms with van der Waals surface area (Å²) in [4.78, 5) is 0. The van der Waals surface area contributed by atoms with Crippen molar-refractivity contribution in [2.24, 2.45) is 0 Å². The molecule has 0 N–H and O–H groups in total. The van der Waals surface area contributed by atoms with E-state index in [1.165, 1.54) is 5.56 Å². The lowest BCUT2D eigenvalue weighted by molar-refractivity contribution is 0.130. The Labute approximate surface area is 278 Å². The van der Waals surface area contributed by atoms with E-state index in [2.05, 4.69) is 43.1 Å². The summed E-state index contributed by atoms with van der Waals surface area (Å²) in [6.45, 7) is 16.8. The first kappa shape index (κ1) is 33.3. The zero-order chi connectivity index (χ0) is 33.6. The van der Waals surface area contributed by atoms with Crippen molar-refractivity contribution in [1.82, 2.24) is 10.2 Å². The third-order valence-electron chi connectivity index (χ3n) is 7.86. The van der Waals surface area contributed by atoms with Crippen LogP contribution in [0.1, 0.15) is 78.5 Å². The highest BCUT2D eigenvalue weighted by Crippen LogP contribution is 2.35. The Morgan fingerprint density at radius 1 is 0.617 bits per heavy atom. The summed E-state index contributed by atoms with van der Waals surface area (Å²) < 4.78 is 24.7. The highest BCUT2D eigenvalue weighted by molar-refractivity contribution is 5.63. The van der Waals surface area contributed by atoms with Crippen LogP contribution in [-0.4, -0.2) is 15.8 Å². The molecule has 0 saturated carbocycles. The van der Waals surface area contributed by atoms with Gasteiger partial charge in [-0.15, -0.1) is 10.2 Å². The molecule has 6 nitrogen and oxygen atoms in total. The summed E-state index contributed by atoms with van der Waals surface area (Å²) in [7, 11) is 0. The number of hydrogen-bond acceptors (Lipinski definition) is 6. The van der Waals surface area contributed by atoms with Gasteiger partial charge in [-0.1, -0.05) is 57.2 Å². The topological polar surface area (TPSA) is 66.6 Å². The Kier molecular flexibility index (Phi) is 10.00. The van der Waals surface area contributed by atoms with E-state index in [4.69, 9.17) is 18.6 Å². The first-order valence-corrected chi connectivity index (χ1v) is 16.1. The van der Waals surface area contributed by atoms with Gasteiger partial charge in [0.05, 0.1) is 0 Å². The van der Waals surface area contributed by atoms with E-state index >= 15 is 0 Å². The molecule has 0 aliphatic heterocycles. The molecule has 47 heavy (non-hydrogen) atoms. The van der Waals surface area contributed by atoms with Crippen LogP contribution in [0.3, 0.4) is 0 Å². The van der Waals surface area contributed by atoms with Crippen LogP contribution in [0.5, 0.6) is 28.7 Å². The second kappa shape index (κ2) is 14.1. The molecule has 5 rings (SSSR count). The number of nitrogens with zero attached hydrogens (tertiary/aromatic N) is 2. The molecule has 0 amide bonds. The van der Waals surface area contributed by atoms with Gasteiger partial charge in [0.2, 0.25) is 11.8 Å². The summed E-state index contributed by atoms with van der Waals surface area (Å²) in [5.74, 6) is 4.58. The first-order chi connectivity index (χ1) is 22.5. The van der Waals surface area contributed by atoms with Gasteiger partial charge in [0.1, 0.15) is 34.3 Å². The lowest BCUT2D eigenvalue weighted by Crippen LogP contribution is -2.23. The summed E-state index contributed by atoms with van der Waals surface area (Å²) in [5, 5.41) is 8.58. The zero-order valence-corrected chi connectivity index (χ0v) is 28.6. The van der Waals surface area contributed by atoms with Crippen molar-refractivity contribution in [1.29, 1.82) is 0 Å². The predicted molar refractivity (Wildman–Crippen MR) is 191 cm³/mol. The summed E-state index contributed by atoms with van der Waals surface area (Å²) in [6, 6.07) is 27.6. The van der Waals surface area contributed by atoms with Gasteiger partial charge in [0.15, 0.2) is 0 Å². The Balaban J connectivity index is 1.29. The van der Waals surface area contributed by atoms with E-state index in [0.29, 0.717) is 29.0 Å². The van der Waals surface area contributed by atoms with Crippen LogP contribution in [0.25, 0.3) is 35.1 Å². The van der Waals surface area contributed by atoms with E-state index < -0.39 is 0 Å². The summed E-state index contributed by atoms with van der Waals surface area (Å²) >= 11 is 0. The molecular formula is C41H44N2O4. The van der Waals surface area contributed by atoms with Crippen molar-refractivity contribution >= 4 is 12.2 Å². The zero-order valence-electron chi connectivity index (χ0n) is 28.6. The number of ether oxygens (including phenoxy) is 3. The van der Waals surface area contributed by atoms with Crippen molar-refractivity contribution < 1.29 is 18.6 Å². The van der Waals surface area contributed by atoms with Gasteiger partial charge in [0.25, 0.3) is 0 Å². The standard InChI is InChI=1S/C41H44N2O4/c1-9-12-30-26-34(44-35-23-25-37(47-40(4,5)6)31(27-35)13-10-2)22-24-36(30)45-33-20-16-29(17-21-33)39-43-42-38(46-39)28-14-18-32(19-15-28)41(7,8)11-3/h9-10,12-27H,11H2,1-8H3. The molecule has 5 aromatic rings. The van der Waals surface area contributed by atoms with Crippen LogP contribution < -0.4 is 14.2 Å². The average Bonchev–Trinajstić information content (AvgIpc) is 3.54. The van der Waals surface area contributed by atoms with Gasteiger partial charge >= 0.3 is 0 Å². The molecule has 0 fully saturated rings. The number of benzene rings is 4. The second-order valence-corrected chi connectivity index (χ2v) is 13.1. The molecule has 6 heteroatoms. The minimum absolute atomic E-state index is 0.122. The van der Waals surface area contributed by atoms with Crippen molar-refractivity contribution in [2.75, 3.05) is 0 Å². The highest BCUT2D eigenvalue weighted by atomic mass is 16.5. The fraction of sp³-hybridized carbons (Fsp3) is 0.268. The van der Waals surface area contributed by atoms with Gasteiger partial charge in [-0.3, -0.25) is 0 Å². The Bertz CT molecular complexity index is 1860. The van der Waals surface area contributed by atoms with Gasteiger partial charge in [0, 0.05) is 22.3 Å². The van der Waals surface area contributed by atoms with Crippen molar-refractivity contribution in [3.63, 3.8) is 0 Å². The van der Waals surface area contributed by atoms with Crippen LogP contribution in [0.4, 0.5) is 0 Å². The van der Waals surface area contributed by atoms with E-state index in [0.717, 1.165) is 40.2 Å². The molecule has 1 aromatic heterocycles. The lowest BCUT2D eigenvalue weighted by Gasteiger charge is -2.23. The number of rotatable bonds is 11. The second-order valence-electron chi connectivity index (χ2n) is 13.1. The molecule has 0 radical (unpaired) electrons. The third kappa shape index (κ3) is 8.39. The number of allylic oxidation sites excluding steroid dienone is 2.